The quantitative estimate of drug-likeness (QED) is 0.328. The van der Waals surface area contributed by atoms with Crippen molar-refractivity contribution in [2.24, 2.45) is 0 Å². The number of benzene rings is 3. The third kappa shape index (κ3) is 5.28. The second-order valence-electron chi connectivity index (χ2n) is 6.99. The molecule has 0 unspecified atom stereocenters. The molecule has 0 spiro atoms. The summed E-state index contributed by atoms with van der Waals surface area (Å²) in [6.07, 6.45) is 1.65. The van der Waals surface area contributed by atoms with Crippen molar-refractivity contribution in [3.63, 3.8) is 0 Å². The molecule has 0 bridgehead atoms. The van der Waals surface area contributed by atoms with Crippen molar-refractivity contribution in [3.8, 4) is 11.8 Å². The maximum Gasteiger partial charge on any atom is 0.266 e. The fourth-order valence-corrected chi connectivity index (χ4v) is 3.61. The van der Waals surface area contributed by atoms with E-state index in [1.54, 1.807) is 55.5 Å². The third-order valence-corrected chi connectivity index (χ3v) is 5.66. The van der Waals surface area contributed by atoms with Crippen LogP contribution in [0.25, 0.3) is 6.08 Å². The number of hydrogen-bond donors (Lipinski definition) is 1. The highest BCUT2D eigenvalue weighted by atomic mass is 35.5. The fourth-order valence-electron chi connectivity index (χ4n) is 3.15. The molecule has 0 aliphatic heterocycles. The maximum atomic E-state index is 14.1. The number of carbonyl (C=O) groups excluding carboxylic acids is 1. The van der Waals surface area contributed by atoms with Gasteiger partial charge in [-0.1, -0.05) is 47.5 Å². The van der Waals surface area contributed by atoms with Crippen LogP contribution in [0, 0.1) is 24.1 Å². The van der Waals surface area contributed by atoms with Crippen molar-refractivity contribution in [2.75, 3.05) is 12.4 Å². The van der Waals surface area contributed by atoms with Gasteiger partial charge in [0.2, 0.25) is 0 Å². The van der Waals surface area contributed by atoms with Crippen LogP contribution in [0.2, 0.25) is 10.0 Å². The second-order valence-corrected chi connectivity index (χ2v) is 7.80. The van der Waals surface area contributed by atoms with Crippen LogP contribution in [-0.4, -0.2) is 13.0 Å². The van der Waals surface area contributed by atoms with Gasteiger partial charge in [0.05, 0.1) is 7.11 Å². The predicted octanol–water partition coefficient (Wildman–Crippen LogP) is 6.59. The van der Waals surface area contributed by atoms with E-state index in [0.717, 1.165) is 0 Å². The summed E-state index contributed by atoms with van der Waals surface area (Å²) in [6.45, 7) is 1.77. The van der Waals surface area contributed by atoms with Gasteiger partial charge < -0.3 is 10.1 Å². The summed E-state index contributed by atoms with van der Waals surface area (Å²) in [6, 6.07) is 16.7. The number of nitrogens with one attached hydrogen (secondary N) is 1. The molecule has 0 atom stereocenters. The minimum Gasteiger partial charge on any atom is -0.496 e. The monoisotopic (exact) mass is 468 g/mol. The Morgan fingerprint density at radius 2 is 1.91 bits per heavy atom. The topological polar surface area (TPSA) is 62.1 Å². The van der Waals surface area contributed by atoms with Crippen molar-refractivity contribution < 1.29 is 13.9 Å². The number of hydrogen-bond acceptors (Lipinski definition) is 3. The average Bonchev–Trinajstić information content (AvgIpc) is 2.77. The normalized spacial score (nSPS) is 11.1. The molecule has 0 fully saturated rings. The molecule has 3 rings (SSSR count). The lowest BCUT2D eigenvalue weighted by molar-refractivity contribution is -0.112. The van der Waals surface area contributed by atoms with E-state index >= 15 is 0 Å². The molecule has 0 radical (unpaired) electrons. The summed E-state index contributed by atoms with van der Waals surface area (Å²) in [5.41, 5.74) is 2.67. The molecular weight excluding hydrogens is 450 g/mol. The van der Waals surface area contributed by atoms with E-state index in [9.17, 15) is 14.4 Å². The Balaban J connectivity index is 1.91. The highest BCUT2D eigenvalue weighted by Crippen LogP contribution is 2.32. The molecule has 0 aliphatic carbocycles. The van der Waals surface area contributed by atoms with Crippen LogP contribution in [0.15, 0.2) is 60.2 Å². The van der Waals surface area contributed by atoms with E-state index in [2.05, 4.69) is 5.32 Å². The van der Waals surface area contributed by atoms with E-state index < -0.39 is 5.91 Å². The molecule has 0 aromatic heterocycles. The molecule has 3 aromatic rings. The molecule has 162 valence electrons. The lowest BCUT2D eigenvalue weighted by Gasteiger charge is -2.13. The maximum absolute atomic E-state index is 14.1. The van der Waals surface area contributed by atoms with Gasteiger partial charge in [-0.3, -0.25) is 4.79 Å². The molecule has 7 heteroatoms. The van der Waals surface area contributed by atoms with Gasteiger partial charge in [0, 0.05) is 27.7 Å². The molecule has 3 aromatic carbocycles. The van der Waals surface area contributed by atoms with Gasteiger partial charge in [-0.25, -0.2) is 4.39 Å². The van der Waals surface area contributed by atoms with Crippen LogP contribution < -0.4 is 10.1 Å². The Hall–Kier alpha value is -3.33. The average molecular weight is 469 g/mol. The molecule has 0 saturated carbocycles. The smallest absolute Gasteiger partial charge is 0.266 e. The van der Waals surface area contributed by atoms with Crippen LogP contribution in [0.1, 0.15) is 22.3 Å². The van der Waals surface area contributed by atoms with Gasteiger partial charge in [-0.2, -0.15) is 5.26 Å². The number of rotatable bonds is 6. The minimum absolute atomic E-state index is 0.121. The van der Waals surface area contributed by atoms with Crippen LogP contribution in [0.4, 0.5) is 10.1 Å². The van der Waals surface area contributed by atoms with Crippen LogP contribution in [0.3, 0.4) is 0 Å². The third-order valence-electron chi connectivity index (χ3n) is 4.91. The molecule has 0 saturated heterocycles. The first-order chi connectivity index (χ1) is 15.3. The Kier molecular flexibility index (Phi) is 7.53. The van der Waals surface area contributed by atoms with Crippen LogP contribution in [-0.2, 0) is 11.2 Å². The summed E-state index contributed by atoms with van der Waals surface area (Å²) in [5.74, 6) is -0.492. The lowest BCUT2D eigenvalue weighted by atomic mass is 10.0. The minimum atomic E-state index is -0.580. The molecule has 1 N–H and O–H groups in total. The number of nitrogens with zero attached hydrogens (tertiary/aromatic N) is 1. The predicted molar refractivity (Wildman–Crippen MR) is 126 cm³/mol. The van der Waals surface area contributed by atoms with E-state index in [0.29, 0.717) is 43.7 Å². The molecule has 4 nitrogen and oxygen atoms in total. The summed E-state index contributed by atoms with van der Waals surface area (Å²) < 4.78 is 19.5. The van der Waals surface area contributed by atoms with E-state index in [4.69, 9.17) is 27.9 Å². The molecule has 1 amide bonds. The fraction of sp³-hybridized carbons (Fsp3) is 0.120. The van der Waals surface area contributed by atoms with Crippen LogP contribution in [0.5, 0.6) is 5.75 Å². The zero-order valence-electron chi connectivity index (χ0n) is 17.4. The van der Waals surface area contributed by atoms with Gasteiger partial charge in [-0.05, 0) is 60.0 Å². The van der Waals surface area contributed by atoms with Gasteiger partial charge in [0.25, 0.3) is 5.91 Å². The highest BCUT2D eigenvalue weighted by Gasteiger charge is 2.16. The Labute approximate surface area is 195 Å². The number of amides is 1. The highest BCUT2D eigenvalue weighted by molar-refractivity contribution is 6.32. The summed E-state index contributed by atoms with van der Waals surface area (Å²) in [7, 11) is 1.48. The standard InChI is InChI=1S/C25H19Cl2FN2O2/c1-15-20(26)7-5-9-23(15)30-25(31)18(14-29)10-16-11-21(27)19(24(12-16)32-2)13-17-6-3-4-8-22(17)28/h3-12H,13H2,1-2H3,(H,30,31)/b18-10+. The van der Waals surface area contributed by atoms with Crippen molar-refractivity contribution in [2.45, 2.75) is 13.3 Å². The summed E-state index contributed by atoms with van der Waals surface area (Å²) in [5, 5.41) is 13.1. The zero-order chi connectivity index (χ0) is 23.3. The molecule has 0 heterocycles. The van der Waals surface area contributed by atoms with E-state index in [-0.39, 0.29) is 17.8 Å². The SMILES string of the molecule is COc1cc(/C=C(\C#N)C(=O)Nc2cccc(Cl)c2C)cc(Cl)c1Cc1ccccc1F. The number of nitriles is 1. The number of carbonyl (C=O) groups is 1. The van der Waals surface area contributed by atoms with Crippen molar-refractivity contribution in [3.05, 3.63) is 98.3 Å². The molecule has 32 heavy (non-hydrogen) atoms. The van der Waals surface area contributed by atoms with Gasteiger partial charge in [0.1, 0.15) is 23.2 Å². The van der Waals surface area contributed by atoms with E-state index in [1.807, 2.05) is 6.07 Å². The van der Waals surface area contributed by atoms with Crippen molar-refractivity contribution in [1.82, 2.24) is 0 Å². The number of methoxy groups -OCH3 is 1. The van der Waals surface area contributed by atoms with Crippen LogP contribution >= 0.6 is 23.2 Å². The lowest BCUT2D eigenvalue weighted by Crippen LogP contribution is -2.14. The zero-order valence-corrected chi connectivity index (χ0v) is 18.9. The number of ether oxygens (including phenoxy) is 1. The van der Waals surface area contributed by atoms with Gasteiger partial charge in [0.15, 0.2) is 0 Å². The summed E-state index contributed by atoms with van der Waals surface area (Å²) >= 11 is 12.6. The van der Waals surface area contributed by atoms with Gasteiger partial charge >= 0.3 is 0 Å². The Bertz CT molecular complexity index is 1250. The molecular formula is C25H19Cl2FN2O2. The first-order valence-corrected chi connectivity index (χ1v) is 10.4. The largest absolute Gasteiger partial charge is 0.496 e. The van der Waals surface area contributed by atoms with E-state index in [1.165, 1.54) is 19.3 Å². The Morgan fingerprint density at radius 3 is 2.59 bits per heavy atom. The Morgan fingerprint density at radius 1 is 1.16 bits per heavy atom. The summed E-state index contributed by atoms with van der Waals surface area (Å²) in [4.78, 5) is 12.6. The second kappa shape index (κ2) is 10.3. The van der Waals surface area contributed by atoms with Gasteiger partial charge in [-0.15, -0.1) is 0 Å². The number of halogens is 3. The first-order valence-electron chi connectivity index (χ1n) is 9.62. The van der Waals surface area contributed by atoms with Crippen molar-refractivity contribution in [1.29, 1.82) is 5.26 Å². The first kappa shape index (κ1) is 23.3. The molecule has 0 aliphatic rings. The number of anilines is 1. The van der Waals surface area contributed by atoms with Crippen molar-refractivity contribution >= 4 is 40.9 Å².